The van der Waals surface area contributed by atoms with Crippen molar-refractivity contribution in [2.75, 3.05) is 12.9 Å². The molecular formula is C20H20F2O3S. The normalized spacial score (nSPS) is 20.7. The van der Waals surface area contributed by atoms with E-state index in [1.807, 2.05) is 13.8 Å². The first kappa shape index (κ1) is 18.7. The third-order valence-electron chi connectivity index (χ3n) is 4.88. The highest BCUT2D eigenvalue weighted by Gasteiger charge is 2.37. The smallest absolute Gasteiger partial charge is 0.175 e. The van der Waals surface area contributed by atoms with E-state index in [1.165, 1.54) is 12.1 Å². The molecule has 138 valence electrons. The Labute approximate surface area is 152 Å². The molecule has 0 aliphatic carbocycles. The van der Waals surface area contributed by atoms with Crippen molar-refractivity contribution in [1.29, 1.82) is 0 Å². The number of ether oxygens (including phenoxy) is 1. The summed E-state index contributed by atoms with van der Waals surface area (Å²) in [7, 11) is -3.29. The van der Waals surface area contributed by atoms with Crippen LogP contribution in [0, 0.1) is 11.6 Å². The van der Waals surface area contributed by atoms with Gasteiger partial charge < -0.3 is 4.74 Å². The SMILES string of the molecule is CCC1(C)OCC(c2ccc(F)c(F)c2)=C1c1ccc(S(C)(=O)=O)cc1. The van der Waals surface area contributed by atoms with Crippen LogP contribution in [0.1, 0.15) is 31.4 Å². The van der Waals surface area contributed by atoms with Gasteiger partial charge in [-0.25, -0.2) is 17.2 Å². The van der Waals surface area contributed by atoms with Gasteiger partial charge in [0.2, 0.25) is 0 Å². The highest BCUT2D eigenvalue weighted by Crippen LogP contribution is 2.45. The molecule has 0 saturated heterocycles. The molecule has 0 N–H and O–H groups in total. The molecule has 2 aromatic rings. The van der Waals surface area contributed by atoms with Crippen molar-refractivity contribution in [2.45, 2.75) is 30.8 Å². The average Bonchev–Trinajstić information content (AvgIpc) is 2.95. The minimum atomic E-state index is -3.29. The van der Waals surface area contributed by atoms with Crippen molar-refractivity contribution in [3.05, 3.63) is 65.2 Å². The quantitative estimate of drug-likeness (QED) is 0.788. The van der Waals surface area contributed by atoms with Gasteiger partial charge in [0.25, 0.3) is 0 Å². The van der Waals surface area contributed by atoms with Crippen LogP contribution in [0.2, 0.25) is 0 Å². The number of hydrogen-bond acceptors (Lipinski definition) is 3. The highest BCUT2D eigenvalue weighted by molar-refractivity contribution is 7.90. The zero-order valence-electron chi connectivity index (χ0n) is 14.8. The first-order chi connectivity index (χ1) is 12.2. The summed E-state index contributed by atoms with van der Waals surface area (Å²) in [5, 5.41) is 0. The molecule has 0 radical (unpaired) electrons. The molecule has 1 heterocycles. The molecule has 3 nitrogen and oxygen atoms in total. The second-order valence-corrected chi connectivity index (χ2v) is 8.67. The molecule has 0 saturated carbocycles. The maximum Gasteiger partial charge on any atom is 0.175 e. The third-order valence-corrected chi connectivity index (χ3v) is 6.01. The molecule has 1 unspecified atom stereocenters. The summed E-state index contributed by atoms with van der Waals surface area (Å²) in [4.78, 5) is 0.230. The van der Waals surface area contributed by atoms with Crippen LogP contribution < -0.4 is 0 Å². The summed E-state index contributed by atoms with van der Waals surface area (Å²) in [6, 6.07) is 10.4. The Bertz CT molecular complexity index is 979. The zero-order chi connectivity index (χ0) is 19.1. The molecule has 26 heavy (non-hydrogen) atoms. The Morgan fingerprint density at radius 1 is 1.04 bits per heavy atom. The lowest BCUT2D eigenvalue weighted by atomic mass is 9.84. The summed E-state index contributed by atoms with van der Waals surface area (Å²) in [6.45, 7) is 4.21. The Balaban J connectivity index is 2.18. The second kappa shape index (κ2) is 6.59. The number of halogens is 2. The summed E-state index contributed by atoms with van der Waals surface area (Å²) in [5.74, 6) is -1.81. The Morgan fingerprint density at radius 2 is 1.65 bits per heavy atom. The fraction of sp³-hybridized carbons (Fsp3) is 0.300. The summed E-state index contributed by atoms with van der Waals surface area (Å²) in [6.07, 6.45) is 1.84. The minimum absolute atomic E-state index is 0.230. The standard InChI is InChI=1S/C20H20F2O3S/c1-4-20(2)19(13-5-8-15(9-6-13)26(3,23)24)16(12-25-20)14-7-10-17(21)18(22)11-14/h5-11H,4,12H2,1-3H3. The van der Waals surface area contributed by atoms with E-state index in [1.54, 1.807) is 24.3 Å². The molecule has 6 heteroatoms. The van der Waals surface area contributed by atoms with E-state index in [-0.39, 0.29) is 11.5 Å². The van der Waals surface area contributed by atoms with Gasteiger partial charge in [0, 0.05) is 6.26 Å². The average molecular weight is 378 g/mol. The lowest BCUT2D eigenvalue weighted by molar-refractivity contribution is 0.0468. The Hall–Kier alpha value is -2.05. The molecule has 0 aromatic heterocycles. The summed E-state index contributed by atoms with van der Waals surface area (Å²) < 4.78 is 56.4. The van der Waals surface area contributed by atoms with Gasteiger partial charge in [0.05, 0.1) is 17.1 Å². The maximum absolute atomic E-state index is 13.7. The first-order valence-corrected chi connectivity index (χ1v) is 10.2. The van der Waals surface area contributed by atoms with Crippen molar-refractivity contribution < 1.29 is 21.9 Å². The largest absolute Gasteiger partial charge is 0.366 e. The first-order valence-electron chi connectivity index (χ1n) is 8.29. The molecule has 0 bridgehead atoms. The summed E-state index contributed by atoms with van der Waals surface area (Å²) in [5.41, 5.74) is 2.42. The monoisotopic (exact) mass is 378 g/mol. The fourth-order valence-corrected chi connectivity index (χ4v) is 3.86. The fourth-order valence-electron chi connectivity index (χ4n) is 3.23. The van der Waals surface area contributed by atoms with Gasteiger partial charge in [0.1, 0.15) is 0 Å². The van der Waals surface area contributed by atoms with Gasteiger partial charge in [-0.15, -0.1) is 0 Å². The molecular weight excluding hydrogens is 358 g/mol. The molecule has 3 rings (SSSR count). The van der Waals surface area contributed by atoms with Crippen LogP contribution in [0.5, 0.6) is 0 Å². The van der Waals surface area contributed by atoms with Crippen molar-refractivity contribution in [3.63, 3.8) is 0 Å². The topological polar surface area (TPSA) is 43.4 Å². The lowest BCUT2D eigenvalue weighted by Crippen LogP contribution is -2.25. The van der Waals surface area contributed by atoms with Crippen LogP contribution in [-0.4, -0.2) is 26.9 Å². The van der Waals surface area contributed by atoms with Crippen LogP contribution in [0.4, 0.5) is 8.78 Å². The van der Waals surface area contributed by atoms with Gasteiger partial charge in [-0.2, -0.15) is 0 Å². The minimum Gasteiger partial charge on any atom is -0.366 e. The number of benzene rings is 2. The van der Waals surface area contributed by atoms with Crippen molar-refractivity contribution in [2.24, 2.45) is 0 Å². The van der Waals surface area contributed by atoms with Crippen LogP contribution in [0.15, 0.2) is 47.4 Å². The Kier molecular flexibility index (Phi) is 4.75. The number of sulfone groups is 1. The predicted octanol–water partition coefficient (Wildman–Crippen LogP) is 4.48. The van der Waals surface area contributed by atoms with Gasteiger partial charge in [0.15, 0.2) is 21.5 Å². The zero-order valence-corrected chi connectivity index (χ0v) is 15.7. The van der Waals surface area contributed by atoms with Gasteiger partial charge in [-0.05, 0) is 59.9 Å². The van der Waals surface area contributed by atoms with Gasteiger partial charge in [-0.3, -0.25) is 0 Å². The van der Waals surface area contributed by atoms with Gasteiger partial charge >= 0.3 is 0 Å². The van der Waals surface area contributed by atoms with E-state index in [4.69, 9.17) is 4.74 Å². The molecule has 1 aliphatic rings. The molecule has 0 amide bonds. The molecule has 2 aromatic carbocycles. The Morgan fingerprint density at radius 3 is 2.19 bits per heavy atom. The predicted molar refractivity (Wildman–Crippen MR) is 97.4 cm³/mol. The van der Waals surface area contributed by atoms with Crippen LogP contribution in [0.3, 0.4) is 0 Å². The van der Waals surface area contributed by atoms with E-state index >= 15 is 0 Å². The number of hydrogen-bond donors (Lipinski definition) is 0. The van der Waals surface area contributed by atoms with Gasteiger partial charge in [-0.1, -0.05) is 25.1 Å². The van der Waals surface area contributed by atoms with E-state index in [0.717, 1.165) is 29.0 Å². The highest BCUT2D eigenvalue weighted by atomic mass is 32.2. The van der Waals surface area contributed by atoms with E-state index in [0.29, 0.717) is 12.0 Å². The van der Waals surface area contributed by atoms with Crippen LogP contribution in [-0.2, 0) is 14.6 Å². The van der Waals surface area contributed by atoms with E-state index in [2.05, 4.69) is 0 Å². The van der Waals surface area contributed by atoms with Crippen molar-refractivity contribution >= 4 is 21.0 Å². The van der Waals surface area contributed by atoms with E-state index < -0.39 is 27.1 Å². The van der Waals surface area contributed by atoms with Crippen molar-refractivity contribution in [1.82, 2.24) is 0 Å². The molecule has 0 fully saturated rings. The second-order valence-electron chi connectivity index (χ2n) is 6.65. The van der Waals surface area contributed by atoms with Crippen LogP contribution >= 0.6 is 0 Å². The molecule has 1 atom stereocenters. The molecule has 0 spiro atoms. The maximum atomic E-state index is 13.7. The number of rotatable bonds is 4. The van der Waals surface area contributed by atoms with Crippen molar-refractivity contribution in [3.8, 4) is 0 Å². The third kappa shape index (κ3) is 3.31. The lowest BCUT2D eigenvalue weighted by Gasteiger charge is -2.26. The van der Waals surface area contributed by atoms with E-state index in [9.17, 15) is 17.2 Å². The molecule has 1 aliphatic heterocycles. The van der Waals surface area contributed by atoms with Crippen LogP contribution in [0.25, 0.3) is 11.1 Å². The summed E-state index contributed by atoms with van der Waals surface area (Å²) >= 11 is 0.